The van der Waals surface area contributed by atoms with Crippen LogP contribution in [0.2, 0.25) is 0 Å². The van der Waals surface area contributed by atoms with Crippen LogP contribution >= 0.6 is 0 Å². The average molecular weight is 197 g/mol. The monoisotopic (exact) mass is 197 g/mol. The van der Waals surface area contributed by atoms with E-state index < -0.39 is 17.6 Å². The van der Waals surface area contributed by atoms with Crippen molar-refractivity contribution in [1.29, 1.82) is 0 Å². The first-order valence-corrected chi connectivity index (χ1v) is 4.01. The van der Waals surface area contributed by atoms with E-state index in [1.165, 1.54) is 18.2 Å². The van der Waals surface area contributed by atoms with Gasteiger partial charge in [0.05, 0.1) is 5.92 Å². The Balaban J connectivity index is 3.16. The summed E-state index contributed by atoms with van der Waals surface area (Å²) in [5.74, 6) is -2.90. The molecule has 0 amide bonds. The van der Waals surface area contributed by atoms with Crippen LogP contribution in [0.1, 0.15) is 11.5 Å². The molecule has 1 atom stereocenters. The van der Waals surface area contributed by atoms with E-state index in [0.717, 1.165) is 0 Å². The van der Waals surface area contributed by atoms with Crippen LogP contribution in [0.15, 0.2) is 18.2 Å². The number of rotatable bonds is 3. The second-order valence-corrected chi connectivity index (χ2v) is 2.84. The summed E-state index contributed by atoms with van der Waals surface area (Å²) in [7, 11) is 0. The minimum absolute atomic E-state index is 0.125. The van der Waals surface area contributed by atoms with Crippen LogP contribution in [0.5, 0.6) is 11.5 Å². The van der Waals surface area contributed by atoms with Crippen LogP contribution in [0.25, 0.3) is 0 Å². The Hall–Kier alpha value is -1.75. The number of aromatic hydroxyl groups is 2. The van der Waals surface area contributed by atoms with Gasteiger partial charge in [-0.3, -0.25) is 4.79 Å². The van der Waals surface area contributed by atoms with E-state index in [1.807, 2.05) is 0 Å². The van der Waals surface area contributed by atoms with Crippen molar-refractivity contribution in [2.75, 3.05) is 6.54 Å². The number of carbonyl (C=O) groups is 1. The zero-order valence-corrected chi connectivity index (χ0v) is 7.34. The van der Waals surface area contributed by atoms with Gasteiger partial charge in [-0.05, 0) is 6.07 Å². The Morgan fingerprint density at radius 3 is 2.57 bits per heavy atom. The number of aliphatic carboxylic acids is 1. The second-order valence-electron chi connectivity index (χ2n) is 2.84. The zero-order chi connectivity index (χ0) is 10.7. The molecule has 1 aromatic rings. The highest BCUT2D eigenvalue weighted by Gasteiger charge is 2.22. The molecule has 0 aromatic heterocycles. The lowest BCUT2D eigenvalue weighted by molar-refractivity contribution is -0.138. The maximum atomic E-state index is 10.7. The third kappa shape index (κ3) is 1.77. The molecule has 14 heavy (non-hydrogen) atoms. The van der Waals surface area contributed by atoms with Crippen molar-refractivity contribution < 1.29 is 20.1 Å². The highest BCUT2D eigenvalue weighted by molar-refractivity contribution is 5.78. The van der Waals surface area contributed by atoms with Gasteiger partial charge in [-0.25, -0.2) is 0 Å². The van der Waals surface area contributed by atoms with Gasteiger partial charge in [0.1, 0.15) is 0 Å². The predicted molar refractivity (Wildman–Crippen MR) is 49.2 cm³/mol. The summed E-state index contributed by atoms with van der Waals surface area (Å²) < 4.78 is 0. The van der Waals surface area contributed by atoms with E-state index in [9.17, 15) is 9.90 Å². The van der Waals surface area contributed by atoms with Gasteiger partial charge in [-0.15, -0.1) is 0 Å². The molecule has 0 fully saturated rings. The molecule has 1 unspecified atom stereocenters. The summed E-state index contributed by atoms with van der Waals surface area (Å²) in [6.45, 7) is -0.133. The van der Waals surface area contributed by atoms with Crippen molar-refractivity contribution in [3.63, 3.8) is 0 Å². The lowest BCUT2D eigenvalue weighted by atomic mass is 9.98. The molecule has 0 bridgehead atoms. The molecule has 0 heterocycles. The topological polar surface area (TPSA) is 104 Å². The minimum Gasteiger partial charge on any atom is -0.504 e. The van der Waals surface area contributed by atoms with Crippen LogP contribution < -0.4 is 5.73 Å². The second kappa shape index (κ2) is 3.97. The molecule has 5 N–H and O–H groups in total. The molecule has 5 nitrogen and oxygen atoms in total. The van der Waals surface area contributed by atoms with Crippen LogP contribution in [0.4, 0.5) is 0 Å². The van der Waals surface area contributed by atoms with E-state index in [1.54, 1.807) is 0 Å². The standard InChI is InChI=1S/C9H11NO4/c10-4-6(9(13)14)5-2-1-3-7(11)8(5)12/h1-3,6,11-12H,4,10H2,(H,13,14). The van der Waals surface area contributed by atoms with Gasteiger partial charge in [-0.1, -0.05) is 12.1 Å². The van der Waals surface area contributed by atoms with Crippen LogP contribution in [-0.2, 0) is 4.79 Å². The van der Waals surface area contributed by atoms with Gasteiger partial charge < -0.3 is 21.1 Å². The number of para-hydroxylation sites is 1. The van der Waals surface area contributed by atoms with Crippen molar-refractivity contribution in [2.24, 2.45) is 5.73 Å². The van der Waals surface area contributed by atoms with Gasteiger partial charge in [0.15, 0.2) is 11.5 Å². The van der Waals surface area contributed by atoms with Crippen LogP contribution in [0.3, 0.4) is 0 Å². The summed E-state index contributed by atoms with van der Waals surface area (Å²) in [6, 6.07) is 4.14. The van der Waals surface area contributed by atoms with Crippen LogP contribution in [-0.4, -0.2) is 27.8 Å². The quantitative estimate of drug-likeness (QED) is 0.519. The lowest BCUT2D eigenvalue weighted by Gasteiger charge is -2.12. The first-order valence-electron chi connectivity index (χ1n) is 4.01. The molecule has 1 aromatic carbocycles. The number of benzene rings is 1. The van der Waals surface area contributed by atoms with E-state index in [2.05, 4.69) is 0 Å². The molecule has 0 spiro atoms. The molecule has 5 heteroatoms. The first kappa shape index (κ1) is 10.3. The molecule has 76 valence electrons. The number of phenolic OH excluding ortho intramolecular Hbond substituents is 2. The van der Waals surface area contributed by atoms with Gasteiger partial charge in [0.25, 0.3) is 0 Å². The minimum atomic E-state index is -1.13. The summed E-state index contributed by atoms with van der Waals surface area (Å²) >= 11 is 0. The van der Waals surface area contributed by atoms with Gasteiger partial charge in [-0.2, -0.15) is 0 Å². The fourth-order valence-electron chi connectivity index (χ4n) is 1.19. The average Bonchev–Trinajstić information content (AvgIpc) is 2.13. The molecule has 1 rings (SSSR count). The Kier molecular flexibility index (Phi) is 2.93. The van der Waals surface area contributed by atoms with Crippen molar-refractivity contribution in [3.8, 4) is 11.5 Å². The number of hydrogen-bond donors (Lipinski definition) is 4. The summed E-state index contributed by atoms with van der Waals surface area (Å²) in [4.78, 5) is 10.7. The van der Waals surface area contributed by atoms with Crippen molar-refractivity contribution in [3.05, 3.63) is 23.8 Å². The van der Waals surface area contributed by atoms with Crippen LogP contribution in [0, 0.1) is 0 Å². The summed E-state index contributed by atoms with van der Waals surface area (Å²) in [6.07, 6.45) is 0. The SMILES string of the molecule is NCC(C(=O)O)c1cccc(O)c1O. The Morgan fingerprint density at radius 1 is 1.43 bits per heavy atom. The van der Waals surface area contributed by atoms with Crippen molar-refractivity contribution in [2.45, 2.75) is 5.92 Å². The fraction of sp³-hybridized carbons (Fsp3) is 0.222. The molecule has 0 aliphatic rings. The van der Waals surface area contributed by atoms with Gasteiger partial charge in [0.2, 0.25) is 0 Å². The largest absolute Gasteiger partial charge is 0.504 e. The number of nitrogens with two attached hydrogens (primary N) is 1. The third-order valence-corrected chi connectivity index (χ3v) is 1.96. The first-order chi connectivity index (χ1) is 6.57. The maximum Gasteiger partial charge on any atom is 0.312 e. The summed E-state index contributed by atoms with van der Waals surface area (Å²) in [5.41, 5.74) is 5.38. The molecule has 0 saturated heterocycles. The summed E-state index contributed by atoms with van der Waals surface area (Å²) in [5, 5.41) is 27.3. The Labute approximate surface area is 80.4 Å². The number of carboxylic acids is 1. The molecular weight excluding hydrogens is 186 g/mol. The highest BCUT2D eigenvalue weighted by Crippen LogP contribution is 2.33. The molecule has 0 saturated carbocycles. The maximum absolute atomic E-state index is 10.7. The Morgan fingerprint density at radius 2 is 2.07 bits per heavy atom. The van der Waals surface area contributed by atoms with Gasteiger partial charge in [0, 0.05) is 12.1 Å². The number of carboxylic acid groups (broad SMARTS) is 1. The smallest absolute Gasteiger partial charge is 0.312 e. The van der Waals surface area contributed by atoms with Gasteiger partial charge >= 0.3 is 5.97 Å². The molecular formula is C9H11NO4. The van der Waals surface area contributed by atoms with Crippen molar-refractivity contribution in [1.82, 2.24) is 0 Å². The molecule has 0 radical (unpaired) electrons. The normalized spacial score (nSPS) is 12.4. The fourth-order valence-corrected chi connectivity index (χ4v) is 1.19. The highest BCUT2D eigenvalue weighted by atomic mass is 16.4. The van der Waals surface area contributed by atoms with E-state index >= 15 is 0 Å². The predicted octanol–water partition coefficient (Wildman–Crippen LogP) is 0.225. The molecule has 0 aliphatic heterocycles. The van der Waals surface area contributed by atoms with E-state index in [0.29, 0.717) is 0 Å². The Bertz CT molecular complexity index is 351. The lowest BCUT2D eigenvalue weighted by Crippen LogP contribution is -2.21. The zero-order valence-electron chi connectivity index (χ0n) is 7.34. The number of hydrogen-bond acceptors (Lipinski definition) is 4. The van der Waals surface area contributed by atoms with Crippen molar-refractivity contribution >= 4 is 5.97 Å². The molecule has 0 aliphatic carbocycles. The van der Waals surface area contributed by atoms with E-state index in [4.69, 9.17) is 15.9 Å². The van der Waals surface area contributed by atoms with E-state index in [-0.39, 0.29) is 17.9 Å². The number of phenols is 2. The third-order valence-electron chi connectivity index (χ3n) is 1.96.